The highest BCUT2D eigenvalue weighted by atomic mass is 16.5. The van der Waals surface area contributed by atoms with E-state index in [2.05, 4.69) is 19.9 Å². The van der Waals surface area contributed by atoms with Crippen LogP contribution in [0.2, 0.25) is 0 Å². The van der Waals surface area contributed by atoms with Gasteiger partial charge in [-0.2, -0.15) is 0 Å². The molecule has 3 rings (SSSR count). The third kappa shape index (κ3) is 1.61. The maximum absolute atomic E-state index is 11.8. The van der Waals surface area contributed by atoms with Crippen molar-refractivity contribution >= 4 is 5.91 Å². The number of fused-ring (bicyclic) bond motifs is 1. The molecule has 0 bridgehead atoms. The largest absolute Gasteiger partial charge is 0.488 e. The molecule has 96 valence electrons. The molecule has 3 nitrogen and oxygen atoms in total. The Hall–Kier alpha value is -1.51. The molecule has 1 heterocycles. The highest BCUT2D eigenvalue weighted by Crippen LogP contribution is 2.61. The fourth-order valence-electron chi connectivity index (χ4n) is 3.20. The van der Waals surface area contributed by atoms with Crippen molar-refractivity contribution in [2.45, 2.75) is 44.6 Å². The van der Waals surface area contributed by atoms with Gasteiger partial charge in [0.05, 0.1) is 5.41 Å². The van der Waals surface area contributed by atoms with E-state index in [1.54, 1.807) is 0 Å². The first kappa shape index (κ1) is 11.6. The van der Waals surface area contributed by atoms with Crippen molar-refractivity contribution < 1.29 is 9.53 Å². The SMILES string of the molecule is CC1(C)C[C@H](C2(C(N)=O)CC2)c2ccccc2O1. The third-order valence-corrected chi connectivity index (χ3v) is 4.32. The summed E-state index contributed by atoms with van der Waals surface area (Å²) in [6.45, 7) is 4.15. The number of carbonyl (C=O) groups is 1. The van der Waals surface area contributed by atoms with Gasteiger partial charge in [0, 0.05) is 5.92 Å². The van der Waals surface area contributed by atoms with Crippen LogP contribution in [0, 0.1) is 5.41 Å². The molecule has 1 aliphatic carbocycles. The summed E-state index contributed by atoms with van der Waals surface area (Å²) in [7, 11) is 0. The van der Waals surface area contributed by atoms with Gasteiger partial charge >= 0.3 is 0 Å². The molecule has 1 atom stereocenters. The zero-order valence-electron chi connectivity index (χ0n) is 10.9. The molecule has 0 saturated heterocycles. The number of para-hydroxylation sites is 1. The van der Waals surface area contributed by atoms with Crippen molar-refractivity contribution in [1.29, 1.82) is 0 Å². The summed E-state index contributed by atoms with van der Waals surface area (Å²) in [6, 6.07) is 8.03. The van der Waals surface area contributed by atoms with Crippen molar-refractivity contribution in [2.75, 3.05) is 0 Å². The Morgan fingerprint density at radius 2 is 2.00 bits per heavy atom. The molecule has 1 aromatic carbocycles. The predicted octanol–water partition coefficient (Wildman–Crippen LogP) is 2.60. The number of hydrogen-bond acceptors (Lipinski definition) is 2. The minimum Gasteiger partial charge on any atom is -0.488 e. The Bertz CT molecular complexity index is 503. The minimum atomic E-state index is -0.322. The lowest BCUT2D eigenvalue weighted by molar-refractivity contribution is -0.124. The van der Waals surface area contributed by atoms with Crippen molar-refractivity contribution in [2.24, 2.45) is 11.1 Å². The molecule has 2 N–H and O–H groups in total. The molecule has 0 spiro atoms. The van der Waals surface area contributed by atoms with Crippen LogP contribution in [0.3, 0.4) is 0 Å². The van der Waals surface area contributed by atoms with Gasteiger partial charge in [-0.25, -0.2) is 0 Å². The van der Waals surface area contributed by atoms with E-state index in [1.807, 2.05) is 18.2 Å². The highest BCUT2D eigenvalue weighted by molar-refractivity contribution is 5.85. The summed E-state index contributed by atoms with van der Waals surface area (Å²) in [5.41, 5.74) is 6.22. The maximum Gasteiger partial charge on any atom is 0.224 e. The number of ether oxygens (including phenoxy) is 1. The van der Waals surface area contributed by atoms with Gasteiger partial charge in [0.15, 0.2) is 0 Å². The first-order valence-corrected chi connectivity index (χ1v) is 6.52. The van der Waals surface area contributed by atoms with Crippen molar-refractivity contribution in [3.05, 3.63) is 29.8 Å². The third-order valence-electron chi connectivity index (χ3n) is 4.32. The summed E-state index contributed by atoms with van der Waals surface area (Å²) in [5, 5.41) is 0. The number of rotatable bonds is 2. The van der Waals surface area contributed by atoms with Gasteiger partial charge in [-0.05, 0) is 44.7 Å². The number of primary amides is 1. The summed E-state index contributed by atoms with van der Waals surface area (Å²) in [6.07, 6.45) is 2.68. The van der Waals surface area contributed by atoms with Crippen LogP contribution in [0.1, 0.15) is 44.6 Å². The van der Waals surface area contributed by atoms with Crippen molar-refractivity contribution in [3.63, 3.8) is 0 Å². The maximum atomic E-state index is 11.8. The van der Waals surface area contributed by atoms with E-state index in [-0.39, 0.29) is 22.8 Å². The zero-order chi connectivity index (χ0) is 13.0. The summed E-state index contributed by atoms with van der Waals surface area (Å²) in [4.78, 5) is 11.8. The van der Waals surface area contributed by atoms with Gasteiger partial charge in [-0.15, -0.1) is 0 Å². The molecular formula is C15H19NO2. The van der Waals surface area contributed by atoms with Gasteiger partial charge in [-0.3, -0.25) is 4.79 Å². The van der Waals surface area contributed by atoms with Gasteiger partial charge < -0.3 is 10.5 Å². The van der Waals surface area contributed by atoms with Gasteiger partial charge in [-0.1, -0.05) is 18.2 Å². The minimum absolute atomic E-state index is 0.153. The molecule has 3 heteroatoms. The van der Waals surface area contributed by atoms with E-state index < -0.39 is 0 Å². The monoisotopic (exact) mass is 245 g/mol. The highest BCUT2D eigenvalue weighted by Gasteiger charge is 2.57. The van der Waals surface area contributed by atoms with Crippen LogP contribution in [0.25, 0.3) is 0 Å². The number of benzene rings is 1. The normalized spacial score (nSPS) is 26.9. The molecule has 0 radical (unpaired) electrons. The predicted molar refractivity (Wildman–Crippen MR) is 69.4 cm³/mol. The fourth-order valence-corrected chi connectivity index (χ4v) is 3.20. The molecule has 1 aliphatic heterocycles. The fraction of sp³-hybridized carbons (Fsp3) is 0.533. The molecule has 18 heavy (non-hydrogen) atoms. The Labute approximate surface area is 107 Å². The second-order valence-corrected chi connectivity index (χ2v) is 6.18. The first-order chi connectivity index (χ1) is 8.45. The molecule has 1 saturated carbocycles. The van der Waals surface area contributed by atoms with Crippen LogP contribution in [-0.2, 0) is 4.79 Å². The van der Waals surface area contributed by atoms with Gasteiger partial charge in [0.2, 0.25) is 5.91 Å². The molecule has 1 fully saturated rings. The summed E-state index contributed by atoms with van der Waals surface area (Å²) >= 11 is 0. The van der Waals surface area contributed by atoms with E-state index in [9.17, 15) is 4.79 Å². The molecule has 2 aliphatic rings. The second kappa shape index (κ2) is 3.50. The standard InChI is InChI=1S/C15H19NO2/c1-14(2)9-11(15(7-8-15)13(16)17)10-5-3-4-6-12(10)18-14/h3-6,11H,7-9H2,1-2H3,(H2,16,17)/t11-/m0/s1. The van der Waals surface area contributed by atoms with Crippen LogP contribution in [0.15, 0.2) is 24.3 Å². The Morgan fingerprint density at radius 3 is 2.61 bits per heavy atom. The lowest BCUT2D eigenvalue weighted by atomic mass is 9.74. The zero-order valence-corrected chi connectivity index (χ0v) is 10.9. The van der Waals surface area contributed by atoms with Crippen LogP contribution in [-0.4, -0.2) is 11.5 Å². The van der Waals surface area contributed by atoms with E-state index >= 15 is 0 Å². The lowest BCUT2D eigenvalue weighted by Gasteiger charge is -2.40. The van der Waals surface area contributed by atoms with Crippen LogP contribution >= 0.6 is 0 Å². The van der Waals surface area contributed by atoms with E-state index in [1.165, 1.54) is 0 Å². The Balaban J connectivity index is 2.07. The van der Waals surface area contributed by atoms with Gasteiger partial charge in [0.25, 0.3) is 0 Å². The van der Waals surface area contributed by atoms with Crippen LogP contribution in [0.4, 0.5) is 0 Å². The number of nitrogens with two attached hydrogens (primary N) is 1. The quantitative estimate of drug-likeness (QED) is 0.870. The lowest BCUT2D eigenvalue weighted by Crippen LogP contribution is -2.41. The van der Waals surface area contributed by atoms with Crippen LogP contribution < -0.4 is 10.5 Å². The topological polar surface area (TPSA) is 52.3 Å². The number of hydrogen-bond donors (Lipinski definition) is 1. The van der Waals surface area contributed by atoms with Crippen LogP contribution in [0.5, 0.6) is 5.75 Å². The van der Waals surface area contributed by atoms with E-state index in [0.29, 0.717) is 0 Å². The first-order valence-electron chi connectivity index (χ1n) is 6.52. The average molecular weight is 245 g/mol. The van der Waals surface area contributed by atoms with Gasteiger partial charge in [0.1, 0.15) is 11.4 Å². The van der Waals surface area contributed by atoms with Crippen molar-refractivity contribution in [1.82, 2.24) is 0 Å². The molecule has 0 unspecified atom stereocenters. The number of carbonyl (C=O) groups excluding carboxylic acids is 1. The van der Waals surface area contributed by atoms with Crippen molar-refractivity contribution in [3.8, 4) is 5.75 Å². The summed E-state index contributed by atoms with van der Waals surface area (Å²) < 4.78 is 6.00. The Morgan fingerprint density at radius 1 is 1.33 bits per heavy atom. The Kier molecular flexibility index (Phi) is 2.25. The summed E-state index contributed by atoms with van der Waals surface area (Å²) in [5.74, 6) is 0.959. The van der Waals surface area contributed by atoms with E-state index in [0.717, 1.165) is 30.6 Å². The molecule has 1 amide bonds. The van der Waals surface area contributed by atoms with E-state index in [4.69, 9.17) is 10.5 Å². The smallest absolute Gasteiger partial charge is 0.224 e. The molecule has 0 aromatic heterocycles. The number of amides is 1. The molecule has 1 aromatic rings. The average Bonchev–Trinajstić information content (AvgIpc) is 3.07. The molecular weight excluding hydrogens is 226 g/mol. The second-order valence-electron chi connectivity index (χ2n) is 6.18.